The number of carbonyl (C=O) groups excluding carboxylic acids is 2. The zero-order chi connectivity index (χ0) is 18.2. The fourth-order valence-corrected chi connectivity index (χ4v) is 2.90. The molecule has 0 N–H and O–H groups in total. The molecular formula is C21H23NO4. The number of amides is 2. The van der Waals surface area contributed by atoms with Crippen molar-refractivity contribution in [1.82, 2.24) is 4.90 Å². The first-order valence-corrected chi connectivity index (χ1v) is 8.92. The summed E-state index contributed by atoms with van der Waals surface area (Å²) in [6.07, 6.45) is 1.45. The standard InChI is InChI=1S/C21H23NO4/c23-20-18-10-4-5-11-19(18)21(24)22(20)12-6-13-25-14-7-15-26-16-17-8-2-1-3-9-17/h1-5,8-11H,6-7,12-16H2. The van der Waals surface area contributed by atoms with Gasteiger partial charge >= 0.3 is 0 Å². The quantitative estimate of drug-likeness (QED) is 0.486. The highest BCUT2D eigenvalue weighted by molar-refractivity contribution is 6.21. The highest BCUT2D eigenvalue weighted by Crippen LogP contribution is 2.22. The lowest BCUT2D eigenvalue weighted by Gasteiger charge is -2.13. The molecule has 1 heterocycles. The van der Waals surface area contributed by atoms with Crippen molar-refractivity contribution in [3.05, 3.63) is 71.3 Å². The number of rotatable bonds is 10. The van der Waals surface area contributed by atoms with E-state index in [1.54, 1.807) is 24.3 Å². The van der Waals surface area contributed by atoms with E-state index >= 15 is 0 Å². The van der Waals surface area contributed by atoms with E-state index < -0.39 is 0 Å². The normalized spacial score (nSPS) is 13.3. The van der Waals surface area contributed by atoms with E-state index in [2.05, 4.69) is 0 Å². The van der Waals surface area contributed by atoms with E-state index in [4.69, 9.17) is 9.47 Å². The number of fused-ring (bicyclic) bond motifs is 1. The number of hydrogen-bond acceptors (Lipinski definition) is 4. The molecule has 1 aliphatic rings. The van der Waals surface area contributed by atoms with Gasteiger partial charge in [-0.2, -0.15) is 0 Å². The second-order valence-corrected chi connectivity index (χ2v) is 6.17. The minimum Gasteiger partial charge on any atom is -0.381 e. The van der Waals surface area contributed by atoms with Crippen LogP contribution in [0.5, 0.6) is 0 Å². The third-order valence-corrected chi connectivity index (χ3v) is 4.24. The minimum atomic E-state index is -0.208. The van der Waals surface area contributed by atoms with Crippen molar-refractivity contribution >= 4 is 11.8 Å². The third-order valence-electron chi connectivity index (χ3n) is 4.24. The van der Waals surface area contributed by atoms with Crippen LogP contribution in [0.1, 0.15) is 39.1 Å². The number of nitrogens with zero attached hydrogens (tertiary/aromatic N) is 1. The van der Waals surface area contributed by atoms with Crippen molar-refractivity contribution in [2.45, 2.75) is 19.4 Å². The third kappa shape index (κ3) is 4.56. The summed E-state index contributed by atoms with van der Waals surface area (Å²) in [7, 11) is 0. The molecule has 0 fully saturated rings. The highest BCUT2D eigenvalue weighted by Gasteiger charge is 2.34. The van der Waals surface area contributed by atoms with E-state index in [0.29, 0.717) is 50.5 Å². The first kappa shape index (κ1) is 18.3. The molecule has 0 spiro atoms. The summed E-state index contributed by atoms with van der Waals surface area (Å²) >= 11 is 0. The van der Waals surface area contributed by atoms with Gasteiger partial charge in [-0.05, 0) is 30.5 Å². The maximum Gasteiger partial charge on any atom is 0.261 e. The molecule has 1 aliphatic heterocycles. The van der Waals surface area contributed by atoms with Gasteiger partial charge in [0.25, 0.3) is 11.8 Å². The van der Waals surface area contributed by atoms with Gasteiger partial charge < -0.3 is 9.47 Å². The smallest absolute Gasteiger partial charge is 0.261 e. The highest BCUT2D eigenvalue weighted by atomic mass is 16.5. The first-order chi connectivity index (χ1) is 12.8. The fourth-order valence-electron chi connectivity index (χ4n) is 2.90. The minimum absolute atomic E-state index is 0.208. The molecule has 0 atom stereocenters. The molecule has 0 aromatic heterocycles. The number of hydrogen-bond donors (Lipinski definition) is 0. The summed E-state index contributed by atoms with van der Waals surface area (Å²) < 4.78 is 11.2. The Labute approximate surface area is 153 Å². The van der Waals surface area contributed by atoms with Crippen LogP contribution in [0.15, 0.2) is 54.6 Å². The fraction of sp³-hybridized carbons (Fsp3) is 0.333. The summed E-state index contributed by atoms with van der Waals surface area (Å²) in [6, 6.07) is 17.0. The predicted molar refractivity (Wildman–Crippen MR) is 98.0 cm³/mol. The van der Waals surface area contributed by atoms with E-state index in [0.717, 1.165) is 12.0 Å². The van der Waals surface area contributed by atoms with E-state index in [1.807, 2.05) is 30.3 Å². The Morgan fingerprint density at radius 1 is 0.692 bits per heavy atom. The zero-order valence-corrected chi connectivity index (χ0v) is 14.7. The average molecular weight is 353 g/mol. The Bertz CT molecular complexity index is 710. The van der Waals surface area contributed by atoms with Crippen LogP contribution in [0.25, 0.3) is 0 Å². The topological polar surface area (TPSA) is 55.8 Å². The van der Waals surface area contributed by atoms with E-state index in [-0.39, 0.29) is 11.8 Å². The molecule has 0 aliphatic carbocycles. The molecule has 2 aromatic rings. The van der Waals surface area contributed by atoms with Crippen LogP contribution in [-0.4, -0.2) is 43.1 Å². The molecular weight excluding hydrogens is 330 g/mol. The molecule has 26 heavy (non-hydrogen) atoms. The van der Waals surface area contributed by atoms with Crippen molar-refractivity contribution < 1.29 is 19.1 Å². The Hall–Kier alpha value is -2.50. The Morgan fingerprint density at radius 2 is 1.27 bits per heavy atom. The Balaban J connectivity index is 1.25. The maximum absolute atomic E-state index is 12.2. The number of carbonyl (C=O) groups is 2. The summed E-state index contributed by atoms with van der Waals surface area (Å²) in [5.41, 5.74) is 2.15. The van der Waals surface area contributed by atoms with Crippen LogP contribution in [-0.2, 0) is 16.1 Å². The van der Waals surface area contributed by atoms with Gasteiger partial charge in [-0.3, -0.25) is 14.5 Å². The SMILES string of the molecule is O=C1c2ccccc2C(=O)N1CCCOCCCOCc1ccccc1. The second-order valence-electron chi connectivity index (χ2n) is 6.17. The maximum atomic E-state index is 12.2. The lowest BCUT2D eigenvalue weighted by Crippen LogP contribution is -2.31. The number of benzene rings is 2. The molecule has 5 heteroatoms. The van der Waals surface area contributed by atoms with Crippen molar-refractivity contribution in [3.8, 4) is 0 Å². The largest absolute Gasteiger partial charge is 0.381 e. The van der Waals surface area contributed by atoms with Crippen LogP contribution in [0.3, 0.4) is 0 Å². The van der Waals surface area contributed by atoms with Gasteiger partial charge in [0, 0.05) is 26.4 Å². The molecule has 136 valence electrons. The van der Waals surface area contributed by atoms with E-state index in [1.165, 1.54) is 4.90 Å². The second kappa shape index (κ2) is 9.27. The van der Waals surface area contributed by atoms with Crippen molar-refractivity contribution in [3.63, 3.8) is 0 Å². The molecule has 5 nitrogen and oxygen atoms in total. The summed E-state index contributed by atoms with van der Waals surface area (Å²) in [4.78, 5) is 25.7. The Morgan fingerprint density at radius 3 is 1.96 bits per heavy atom. The van der Waals surface area contributed by atoms with Crippen molar-refractivity contribution in [1.29, 1.82) is 0 Å². The van der Waals surface area contributed by atoms with Crippen LogP contribution >= 0.6 is 0 Å². The molecule has 0 saturated heterocycles. The van der Waals surface area contributed by atoms with E-state index in [9.17, 15) is 9.59 Å². The molecule has 0 unspecified atom stereocenters. The van der Waals surface area contributed by atoms with Gasteiger partial charge in [0.1, 0.15) is 0 Å². The molecule has 2 amide bonds. The van der Waals surface area contributed by atoms with Gasteiger partial charge in [-0.25, -0.2) is 0 Å². The van der Waals surface area contributed by atoms with Gasteiger partial charge in [-0.1, -0.05) is 42.5 Å². The first-order valence-electron chi connectivity index (χ1n) is 8.92. The van der Waals surface area contributed by atoms with Crippen molar-refractivity contribution in [2.75, 3.05) is 26.4 Å². The van der Waals surface area contributed by atoms with Gasteiger partial charge in [-0.15, -0.1) is 0 Å². The van der Waals surface area contributed by atoms with Gasteiger partial charge in [0.2, 0.25) is 0 Å². The molecule has 0 radical (unpaired) electrons. The van der Waals surface area contributed by atoms with Crippen LogP contribution < -0.4 is 0 Å². The molecule has 0 bridgehead atoms. The predicted octanol–water partition coefficient (Wildman–Crippen LogP) is 3.30. The monoisotopic (exact) mass is 353 g/mol. The van der Waals surface area contributed by atoms with Crippen LogP contribution in [0.2, 0.25) is 0 Å². The number of imide groups is 1. The zero-order valence-electron chi connectivity index (χ0n) is 14.7. The van der Waals surface area contributed by atoms with Gasteiger partial charge in [0.05, 0.1) is 17.7 Å². The lowest BCUT2D eigenvalue weighted by molar-refractivity contribution is 0.0594. The summed E-state index contributed by atoms with van der Waals surface area (Å²) in [5, 5.41) is 0. The number of ether oxygens (including phenoxy) is 2. The summed E-state index contributed by atoms with van der Waals surface area (Å²) in [5.74, 6) is -0.417. The van der Waals surface area contributed by atoms with Gasteiger partial charge in [0.15, 0.2) is 0 Å². The summed E-state index contributed by atoms with van der Waals surface area (Å²) in [6.45, 7) is 2.77. The Kier molecular flexibility index (Phi) is 6.52. The molecule has 3 rings (SSSR count). The molecule has 2 aromatic carbocycles. The van der Waals surface area contributed by atoms with Crippen LogP contribution in [0, 0.1) is 0 Å². The van der Waals surface area contributed by atoms with Crippen LogP contribution in [0.4, 0.5) is 0 Å². The molecule has 0 saturated carbocycles. The lowest BCUT2D eigenvalue weighted by atomic mass is 10.1. The van der Waals surface area contributed by atoms with Crippen molar-refractivity contribution in [2.24, 2.45) is 0 Å². The average Bonchev–Trinajstić information content (AvgIpc) is 2.92.